The zero-order valence-corrected chi connectivity index (χ0v) is 13.1. The Morgan fingerprint density at radius 3 is 2.67 bits per heavy atom. The van der Waals surface area contributed by atoms with Crippen molar-refractivity contribution in [3.05, 3.63) is 59.1 Å². The van der Waals surface area contributed by atoms with Crippen LogP contribution in [0.5, 0.6) is 11.5 Å². The minimum absolute atomic E-state index is 0.197. The van der Waals surface area contributed by atoms with Crippen molar-refractivity contribution in [2.24, 2.45) is 0 Å². The lowest BCUT2D eigenvalue weighted by atomic mass is 10.2. The molecule has 2 heterocycles. The summed E-state index contributed by atoms with van der Waals surface area (Å²) in [5.41, 5.74) is 1.10. The van der Waals surface area contributed by atoms with E-state index in [-0.39, 0.29) is 5.56 Å². The van der Waals surface area contributed by atoms with Gasteiger partial charge < -0.3 is 9.47 Å². The third kappa shape index (κ3) is 1.95. The smallest absolute Gasteiger partial charge is 0.267 e. The number of methoxy groups -OCH3 is 2. The molecule has 0 bridgehead atoms. The SMILES string of the molecule is COc1ccc(OC)c(-n2c(=O)c3ccccc3n3cnnc23)c1. The fourth-order valence-corrected chi connectivity index (χ4v) is 2.82. The van der Waals surface area contributed by atoms with Crippen molar-refractivity contribution >= 4 is 16.7 Å². The minimum Gasteiger partial charge on any atom is -0.497 e. The van der Waals surface area contributed by atoms with E-state index in [1.54, 1.807) is 49.2 Å². The summed E-state index contributed by atoms with van der Waals surface area (Å²) in [6.45, 7) is 0. The quantitative estimate of drug-likeness (QED) is 0.577. The molecule has 0 N–H and O–H groups in total. The van der Waals surface area contributed by atoms with E-state index in [1.807, 2.05) is 18.2 Å². The maximum atomic E-state index is 13.1. The van der Waals surface area contributed by atoms with Crippen molar-refractivity contribution in [3.63, 3.8) is 0 Å². The molecule has 0 radical (unpaired) electrons. The van der Waals surface area contributed by atoms with E-state index in [9.17, 15) is 4.79 Å². The average Bonchev–Trinajstić information content (AvgIpc) is 3.11. The number of hydrogen-bond acceptors (Lipinski definition) is 5. The predicted molar refractivity (Wildman–Crippen MR) is 89.2 cm³/mol. The van der Waals surface area contributed by atoms with Crippen molar-refractivity contribution in [2.75, 3.05) is 14.2 Å². The van der Waals surface area contributed by atoms with Crippen molar-refractivity contribution in [2.45, 2.75) is 0 Å². The molecule has 0 saturated heterocycles. The van der Waals surface area contributed by atoms with E-state index in [1.165, 1.54) is 4.57 Å². The second kappa shape index (κ2) is 5.38. The highest BCUT2D eigenvalue weighted by molar-refractivity contribution is 5.81. The maximum Gasteiger partial charge on any atom is 0.267 e. The zero-order valence-electron chi connectivity index (χ0n) is 13.1. The van der Waals surface area contributed by atoms with Crippen LogP contribution in [-0.2, 0) is 0 Å². The summed E-state index contributed by atoms with van der Waals surface area (Å²) in [5.74, 6) is 1.56. The summed E-state index contributed by atoms with van der Waals surface area (Å²) in [4.78, 5) is 13.1. The Bertz CT molecular complexity index is 1110. The first-order valence-corrected chi connectivity index (χ1v) is 7.30. The van der Waals surface area contributed by atoms with Gasteiger partial charge in [-0.05, 0) is 24.3 Å². The monoisotopic (exact) mass is 322 g/mol. The van der Waals surface area contributed by atoms with Crippen LogP contribution < -0.4 is 15.0 Å². The molecule has 7 heteroatoms. The van der Waals surface area contributed by atoms with Crippen LogP contribution in [0.25, 0.3) is 22.4 Å². The first-order valence-electron chi connectivity index (χ1n) is 7.30. The molecule has 0 atom stereocenters. The fraction of sp³-hybridized carbons (Fsp3) is 0.118. The molecule has 0 spiro atoms. The van der Waals surface area contributed by atoms with E-state index in [0.717, 1.165) is 5.52 Å². The molecule has 2 aromatic heterocycles. The van der Waals surface area contributed by atoms with E-state index < -0.39 is 0 Å². The van der Waals surface area contributed by atoms with Crippen LogP contribution >= 0.6 is 0 Å². The third-order valence-electron chi connectivity index (χ3n) is 3.95. The summed E-state index contributed by atoms with van der Waals surface area (Å²) in [6, 6.07) is 12.6. The Kier molecular flexibility index (Phi) is 3.19. The molecule has 0 amide bonds. The van der Waals surface area contributed by atoms with E-state index in [0.29, 0.717) is 28.4 Å². The molecule has 120 valence electrons. The highest BCUT2D eigenvalue weighted by Gasteiger charge is 2.17. The first-order chi connectivity index (χ1) is 11.7. The lowest BCUT2D eigenvalue weighted by Crippen LogP contribution is -2.22. The largest absolute Gasteiger partial charge is 0.497 e. The van der Waals surface area contributed by atoms with Gasteiger partial charge in [-0.1, -0.05) is 12.1 Å². The van der Waals surface area contributed by atoms with Gasteiger partial charge >= 0.3 is 0 Å². The topological polar surface area (TPSA) is 70.7 Å². The predicted octanol–water partition coefficient (Wildman–Crippen LogP) is 2.05. The van der Waals surface area contributed by atoms with E-state index in [2.05, 4.69) is 10.2 Å². The van der Waals surface area contributed by atoms with Gasteiger partial charge in [-0.25, -0.2) is 4.57 Å². The van der Waals surface area contributed by atoms with E-state index in [4.69, 9.17) is 9.47 Å². The summed E-state index contributed by atoms with van der Waals surface area (Å²) in [7, 11) is 3.12. The maximum absolute atomic E-state index is 13.1. The fourth-order valence-electron chi connectivity index (χ4n) is 2.82. The van der Waals surface area contributed by atoms with Crippen molar-refractivity contribution in [1.29, 1.82) is 0 Å². The number of ether oxygens (including phenoxy) is 2. The van der Waals surface area contributed by atoms with E-state index >= 15 is 0 Å². The molecule has 24 heavy (non-hydrogen) atoms. The molecular formula is C17H14N4O3. The molecule has 0 unspecified atom stereocenters. The van der Waals surface area contributed by atoms with Crippen LogP contribution in [0.3, 0.4) is 0 Å². The lowest BCUT2D eigenvalue weighted by molar-refractivity contribution is 0.401. The van der Waals surface area contributed by atoms with Crippen molar-refractivity contribution in [3.8, 4) is 17.2 Å². The molecule has 7 nitrogen and oxygen atoms in total. The van der Waals surface area contributed by atoms with Gasteiger partial charge in [-0.3, -0.25) is 9.20 Å². The highest BCUT2D eigenvalue weighted by atomic mass is 16.5. The van der Waals surface area contributed by atoms with Crippen LogP contribution in [0.1, 0.15) is 0 Å². The number of hydrogen-bond donors (Lipinski definition) is 0. The Labute approximate surface area is 136 Å². The van der Waals surface area contributed by atoms with Crippen LogP contribution in [0.2, 0.25) is 0 Å². The number of aromatic nitrogens is 4. The molecule has 0 aliphatic heterocycles. The lowest BCUT2D eigenvalue weighted by Gasteiger charge is -2.14. The molecule has 0 aliphatic carbocycles. The first kappa shape index (κ1) is 14.3. The highest BCUT2D eigenvalue weighted by Crippen LogP contribution is 2.28. The molecule has 0 saturated carbocycles. The van der Waals surface area contributed by atoms with Gasteiger partial charge in [-0.15, -0.1) is 10.2 Å². The van der Waals surface area contributed by atoms with Crippen molar-refractivity contribution < 1.29 is 9.47 Å². The van der Waals surface area contributed by atoms with Crippen LogP contribution in [0, 0.1) is 0 Å². The summed E-state index contributed by atoms with van der Waals surface area (Å²) in [6.07, 6.45) is 1.58. The van der Waals surface area contributed by atoms with Crippen LogP contribution in [-0.4, -0.2) is 33.4 Å². The van der Waals surface area contributed by atoms with Crippen LogP contribution in [0.4, 0.5) is 0 Å². The van der Waals surface area contributed by atoms with Crippen molar-refractivity contribution in [1.82, 2.24) is 19.2 Å². The van der Waals surface area contributed by atoms with Gasteiger partial charge in [0.15, 0.2) is 0 Å². The molecular weight excluding hydrogens is 308 g/mol. The number of para-hydroxylation sites is 1. The molecule has 4 aromatic rings. The molecule has 0 aliphatic rings. The Balaban J connectivity index is 2.19. The summed E-state index contributed by atoms with van der Waals surface area (Å²) < 4.78 is 14.0. The number of nitrogens with zero attached hydrogens (tertiary/aromatic N) is 4. The number of fused-ring (bicyclic) bond motifs is 3. The second-order valence-electron chi connectivity index (χ2n) is 5.20. The van der Waals surface area contributed by atoms with Crippen LogP contribution in [0.15, 0.2) is 53.6 Å². The normalized spacial score (nSPS) is 11.1. The molecule has 0 fully saturated rings. The van der Waals surface area contributed by atoms with Gasteiger partial charge in [0.1, 0.15) is 17.8 Å². The Morgan fingerprint density at radius 1 is 1.04 bits per heavy atom. The average molecular weight is 322 g/mol. The third-order valence-corrected chi connectivity index (χ3v) is 3.95. The summed E-state index contributed by atoms with van der Waals surface area (Å²) in [5, 5.41) is 8.64. The second-order valence-corrected chi connectivity index (χ2v) is 5.20. The summed E-state index contributed by atoms with van der Waals surface area (Å²) >= 11 is 0. The minimum atomic E-state index is -0.197. The molecule has 4 rings (SSSR count). The van der Waals surface area contributed by atoms with Gasteiger partial charge in [0, 0.05) is 6.07 Å². The standard InChI is InChI=1S/C17H14N4O3/c1-23-11-7-8-15(24-2)14(9-11)21-16(22)12-5-3-4-6-13(12)20-10-18-19-17(20)21/h3-10H,1-2H3. The number of rotatable bonds is 3. The Morgan fingerprint density at radius 2 is 1.88 bits per heavy atom. The number of benzene rings is 2. The van der Waals surface area contributed by atoms with Gasteiger partial charge in [0.25, 0.3) is 5.56 Å². The Hall–Kier alpha value is -3.35. The van der Waals surface area contributed by atoms with Gasteiger partial charge in [0.05, 0.1) is 30.8 Å². The van der Waals surface area contributed by atoms with Gasteiger partial charge in [-0.2, -0.15) is 0 Å². The van der Waals surface area contributed by atoms with Gasteiger partial charge in [0.2, 0.25) is 5.78 Å². The zero-order chi connectivity index (χ0) is 16.7. The molecule has 2 aromatic carbocycles.